The zero-order chi connectivity index (χ0) is 19.4. The summed E-state index contributed by atoms with van der Waals surface area (Å²) in [6.45, 7) is 3.82. The number of halogens is 1. The van der Waals surface area contributed by atoms with E-state index in [-0.39, 0.29) is 12.0 Å². The van der Waals surface area contributed by atoms with E-state index in [1.165, 1.54) is 6.08 Å². The van der Waals surface area contributed by atoms with Crippen LogP contribution in [0.2, 0.25) is 5.02 Å². The van der Waals surface area contributed by atoms with Crippen molar-refractivity contribution in [2.45, 2.75) is 20.0 Å². The Balaban J connectivity index is 1.74. The number of aromatic nitrogens is 2. The summed E-state index contributed by atoms with van der Waals surface area (Å²) in [5.41, 5.74) is 2.36. The van der Waals surface area contributed by atoms with Gasteiger partial charge in [-0.3, -0.25) is 10.1 Å². The first-order valence-corrected chi connectivity index (χ1v) is 8.82. The molecule has 1 aromatic heterocycles. The molecule has 0 saturated heterocycles. The second-order valence-corrected chi connectivity index (χ2v) is 6.53. The number of imidazole rings is 1. The summed E-state index contributed by atoms with van der Waals surface area (Å²) in [6, 6.07) is 11.0. The fourth-order valence-corrected chi connectivity index (χ4v) is 2.79. The zero-order valence-electron chi connectivity index (χ0n) is 15.2. The number of para-hydroxylation sites is 2. The third-order valence-electron chi connectivity index (χ3n) is 3.66. The van der Waals surface area contributed by atoms with Crippen molar-refractivity contribution in [3.63, 3.8) is 0 Å². The van der Waals surface area contributed by atoms with Gasteiger partial charge in [0.2, 0.25) is 5.95 Å². The summed E-state index contributed by atoms with van der Waals surface area (Å²) in [4.78, 5) is 19.5. The molecule has 3 rings (SSSR count). The molecular weight excluding hydrogens is 366 g/mol. The quantitative estimate of drug-likeness (QED) is 0.605. The lowest BCUT2D eigenvalue weighted by molar-refractivity contribution is -0.111. The number of rotatable bonds is 6. The van der Waals surface area contributed by atoms with Gasteiger partial charge in [-0.05, 0) is 49.8 Å². The number of hydrogen-bond acceptors (Lipinski definition) is 4. The topological polar surface area (TPSA) is 76.2 Å². The average molecular weight is 386 g/mol. The number of fused-ring (bicyclic) bond motifs is 1. The molecule has 27 heavy (non-hydrogen) atoms. The molecule has 2 N–H and O–H groups in total. The van der Waals surface area contributed by atoms with Crippen molar-refractivity contribution in [2.75, 3.05) is 12.4 Å². The van der Waals surface area contributed by atoms with Gasteiger partial charge in [-0.1, -0.05) is 23.7 Å². The fourth-order valence-electron chi connectivity index (χ4n) is 2.53. The fraction of sp³-hybridized carbons (Fsp3) is 0.200. The molecular formula is C20H20ClN3O3. The van der Waals surface area contributed by atoms with Crippen molar-refractivity contribution >= 4 is 40.6 Å². The van der Waals surface area contributed by atoms with Crippen LogP contribution in [-0.4, -0.2) is 29.1 Å². The van der Waals surface area contributed by atoms with Gasteiger partial charge in [-0.15, -0.1) is 0 Å². The van der Waals surface area contributed by atoms with E-state index in [1.54, 1.807) is 25.3 Å². The van der Waals surface area contributed by atoms with Crippen molar-refractivity contribution in [2.24, 2.45) is 0 Å². The molecule has 0 radical (unpaired) electrons. The Morgan fingerprint density at radius 1 is 1.30 bits per heavy atom. The highest BCUT2D eigenvalue weighted by Crippen LogP contribution is 2.37. The van der Waals surface area contributed by atoms with E-state index in [2.05, 4.69) is 15.3 Å². The van der Waals surface area contributed by atoms with Crippen LogP contribution >= 0.6 is 11.6 Å². The van der Waals surface area contributed by atoms with Gasteiger partial charge in [0.15, 0.2) is 11.5 Å². The normalized spacial score (nSPS) is 11.3. The summed E-state index contributed by atoms with van der Waals surface area (Å²) in [5, 5.41) is 3.12. The van der Waals surface area contributed by atoms with E-state index < -0.39 is 0 Å². The molecule has 0 aliphatic heterocycles. The third-order valence-corrected chi connectivity index (χ3v) is 3.94. The number of methoxy groups -OCH3 is 1. The van der Waals surface area contributed by atoms with Crippen LogP contribution in [-0.2, 0) is 4.79 Å². The SMILES string of the molecule is COc1cc(/C=C/C(=O)Nc2nc3ccccc3[nH]2)cc(Cl)c1OC(C)C. The number of benzene rings is 2. The molecule has 0 aliphatic rings. The maximum Gasteiger partial charge on any atom is 0.250 e. The minimum Gasteiger partial charge on any atom is -0.493 e. The zero-order valence-corrected chi connectivity index (χ0v) is 16.0. The monoisotopic (exact) mass is 385 g/mol. The molecule has 0 spiro atoms. The molecule has 0 bridgehead atoms. The van der Waals surface area contributed by atoms with Gasteiger partial charge < -0.3 is 14.5 Å². The molecule has 3 aromatic rings. The number of H-pyrrole nitrogens is 1. The van der Waals surface area contributed by atoms with Crippen LogP contribution in [0.5, 0.6) is 11.5 Å². The molecule has 1 amide bonds. The van der Waals surface area contributed by atoms with Crippen molar-refractivity contribution < 1.29 is 14.3 Å². The second kappa shape index (κ2) is 8.14. The van der Waals surface area contributed by atoms with Gasteiger partial charge in [-0.2, -0.15) is 0 Å². The third kappa shape index (κ3) is 4.60. The van der Waals surface area contributed by atoms with E-state index in [0.29, 0.717) is 28.0 Å². The Kier molecular flexibility index (Phi) is 5.66. The van der Waals surface area contributed by atoms with Gasteiger partial charge in [-0.25, -0.2) is 4.98 Å². The summed E-state index contributed by atoms with van der Waals surface area (Å²) in [7, 11) is 1.54. The first kappa shape index (κ1) is 18.8. The van der Waals surface area contributed by atoms with Crippen molar-refractivity contribution in [3.05, 3.63) is 53.1 Å². The van der Waals surface area contributed by atoms with Crippen molar-refractivity contribution in [3.8, 4) is 11.5 Å². The predicted molar refractivity (Wildman–Crippen MR) is 108 cm³/mol. The Labute approximate surface area is 162 Å². The maximum atomic E-state index is 12.2. The number of amides is 1. The van der Waals surface area contributed by atoms with Crippen LogP contribution in [0.4, 0.5) is 5.95 Å². The van der Waals surface area contributed by atoms with Crippen LogP contribution in [0, 0.1) is 0 Å². The number of hydrogen-bond donors (Lipinski definition) is 2. The van der Waals surface area contributed by atoms with E-state index in [1.807, 2.05) is 38.1 Å². The second-order valence-electron chi connectivity index (χ2n) is 6.13. The van der Waals surface area contributed by atoms with Crippen LogP contribution in [0.15, 0.2) is 42.5 Å². The van der Waals surface area contributed by atoms with E-state index in [0.717, 1.165) is 11.0 Å². The summed E-state index contributed by atoms with van der Waals surface area (Å²) in [5.74, 6) is 1.07. The summed E-state index contributed by atoms with van der Waals surface area (Å²) >= 11 is 6.29. The number of nitrogens with one attached hydrogen (secondary N) is 2. The number of carbonyl (C=O) groups is 1. The van der Waals surface area contributed by atoms with Crippen LogP contribution in [0.1, 0.15) is 19.4 Å². The molecule has 0 aliphatic carbocycles. The molecule has 140 valence electrons. The first-order chi connectivity index (χ1) is 13.0. The minimum absolute atomic E-state index is 0.0348. The lowest BCUT2D eigenvalue weighted by Gasteiger charge is -2.15. The smallest absolute Gasteiger partial charge is 0.250 e. The Morgan fingerprint density at radius 3 is 2.78 bits per heavy atom. The van der Waals surface area contributed by atoms with Crippen molar-refractivity contribution in [1.82, 2.24) is 9.97 Å². The summed E-state index contributed by atoms with van der Waals surface area (Å²) in [6.07, 6.45) is 3.01. The molecule has 1 heterocycles. The number of anilines is 1. The van der Waals surface area contributed by atoms with Gasteiger partial charge in [0, 0.05) is 6.08 Å². The lowest BCUT2D eigenvalue weighted by atomic mass is 10.2. The van der Waals surface area contributed by atoms with E-state index >= 15 is 0 Å². The van der Waals surface area contributed by atoms with Gasteiger partial charge in [0.1, 0.15) is 0 Å². The maximum absolute atomic E-state index is 12.2. The van der Waals surface area contributed by atoms with Crippen LogP contribution in [0.3, 0.4) is 0 Å². The summed E-state index contributed by atoms with van der Waals surface area (Å²) < 4.78 is 11.0. The Bertz CT molecular complexity index is 962. The van der Waals surface area contributed by atoms with Crippen LogP contribution in [0.25, 0.3) is 17.1 Å². The molecule has 0 fully saturated rings. The highest BCUT2D eigenvalue weighted by molar-refractivity contribution is 6.32. The molecule has 0 saturated carbocycles. The molecule has 6 nitrogen and oxygen atoms in total. The van der Waals surface area contributed by atoms with Crippen LogP contribution < -0.4 is 14.8 Å². The van der Waals surface area contributed by atoms with Gasteiger partial charge in [0.05, 0.1) is 29.3 Å². The Hall–Kier alpha value is -2.99. The number of aromatic amines is 1. The molecule has 0 atom stereocenters. The van der Waals surface area contributed by atoms with E-state index in [4.69, 9.17) is 21.1 Å². The molecule has 7 heteroatoms. The molecule has 0 unspecified atom stereocenters. The van der Waals surface area contributed by atoms with Crippen molar-refractivity contribution in [1.29, 1.82) is 0 Å². The number of nitrogens with zero attached hydrogens (tertiary/aromatic N) is 1. The largest absolute Gasteiger partial charge is 0.493 e. The number of carbonyl (C=O) groups excluding carboxylic acids is 1. The predicted octanol–water partition coefficient (Wildman–Crippen LogP) is 4.66. The average Bonchev–Trinajstić information content (AvgIpc) is 3.03. The lowest BCUT2D eigenvalue weighted by Crippen LogP contribution is -2.09. The standard InChI is InChI=1S/C20H20ClN3O3/c1-12(2)27-19-14(21)10-13(11-17(19)26-3)8-9-18(25)24-20-22-15-6-4-5-7-16(15)23-20/h4-12H,1-3H3,(H2,22,23,24,25)/b9-8+. The highest BCUT2D eigenvalue weighted by Gasteiger charge is 2.13. The highest BCUT2D eigenvalue weighted by atomic mass is 35.5. The van der Waals surface area contributed by atoms with E-state index in [9.17, 15) is 4.79 Å². The van der Waals surface area contributed by atoms with Gasteiger partial charge >= 0.3 is 0 Å². The first-order valence-electron chi connectivity index (χ1n) is 8.44. The van der Waals surface area contributed by atoms with Gasteiger partial charge in [0.25, 0.3) is 5.91 Å². The minimum atomic E-state index is -0.313. The molecule has 2 aromatic carbocycles. The Morgan fingerprint density at radius 2 is 2.07 bits per heavy atom. The number of ether oxygens (including phenoxy) is 2.